The number of hydrogen-bond acceptors (Lipinski definition) is 6. The minimum atomic E-state index is -0.618. The number of carbonyl (C=O) groups is 1. The van der Waals surface area contributed by atoms with Crippen molar-refractivity contribution in [1.82, 2.24) is 9.13 Å². The van der Waals surface area contributed by atoms with Crippen LogP contribution in [0.25, 0.3) is 27.2 Å². The van der Waals surface area contributed by atoms with Gasteiger partial charge in [0.05, 0.1) is 27.2 Å². The molecule has 2 heterocycles. The van der Waals surface area contributed by atoms with Crippen LogP contribution in [0.2, 0.25) is 0 Å². The van der Waals surface area contributed by atoms with E-state index in [2.05, 4.69) is 0 Å². The second kappa shape index (κ2) is 5.60. The Bertz CT molecular complexity index is 1390. The molecule has 0 unspecified atom stereocenters. The largest absolute Gasteiger partial charge is 0.427 e. The number of nitrogens with zero attached hydrogens (tertiary/aromatic N) is 2. The molecule has 8 nitrogen and oxygen atoms in total. The van der Waals surface area contributed by atoms with E-state index in [1.165, 1.54) is 44.3 Å². The second-order valence-corrected chi connectivity index (χ2v) is 6.15. The Labute approximate surface area is 150 Å². The average molecular weight is 364 g/mol. The summed E-state index contributed by atoms with van der Waals surface area (Å²) >= 11 is 0. The van der Waals surface area contributed by atoms with Gasteiger partial charge in [-0.05, 0) is 24.3 Å². The fraction of sp³-hybridized carbons (Fsp3) is 0.105. The smallest absolute Gasteiger partial charge is 0.308 e. The molecule has 0 aliphatic rings. The second-order valence-electron chi connectivity index (χ2n) is 6.15. The van der Waals surface area contributed by atoms with Crippen LogP contribution in [-0.4, -0.2) is 15.1 Å². The maximum Gasteiger partial charge on any atom is 0.308 e. The molecule has 0 spiro atoms. The van der Waals surface area contributed by atoms with E-state index in [0.29, 0.717) is 0 Å². The summed E-state index contributed by atoms with van der Waals surface area (Å²) in [6, 6.07) is 8.53. The lowest BCUT2D eigenvalue weighted by Gasteiger charge is -2.04. The summed E-state index contributed by atoms with van der Waals surface area (Å²) < 4.78 is 6.85. The third kappa shape index (κ3) is 2.34. The molecule has 134 valence electrons. The lowest BCUT2D eigenvalue weighted by molar-refractivity contribution is -0.131. The molecule has 0 N–H and O–H groups in total. The highest BCUT2D eigenvalue weighted by atomic mass is 16.5. The average Bonchev–Trinajstić information content (AvgIpc) is 3.00. The molecule has 2 aromatic carbocycles. The zero-order valence-electron chi connectivity index (χ0n) is 14.3. The molecule has 2 aromatic heterocycles. The van der Waals surface area contributed by atoms with Crippen LogP contribution < -0.4 is 27.0 Å². The van der Waals surface area contributed by atoms with Gasteiger partial charge in [0.1, 0.15) is 5.75 Å². The van der Waals surface area contributed by atoms with E-state index in [1.807, 2.05) is 0 Å². The maximum absolute atomic E-state index is 12.8. The van der Waals surface area contributed by atoms with Gasteiger partial charge >= 0.3 is 5.97 Å². The van der Waals surface area contributed by atoms with Crippen molar-refractivity contribution >= 4 is 27.5 Å². The van der Waals surface area contributed by atoms with Crippen molar-refractivity contribution in [2.75, 3.05) is 0 Å². The van der Waals surface area contributed by atoms with Crippen molar-refractivity contribution in [3.8, 4) is 11.4 Å². The van der Waals surface area contributed by atoms with E-state index < -0.39 is 28.2 Å². The minimum absolute atomic E-state index is 0.0492. The predicted molar refractivity (Wildman–Crippen MR) is 98.5 cm³/mol. The van der Waals surface area contributed by atoms with Crippen LogP contribution in [0.15, 0.2) is 55.6 Å². The molecule has 0 fully saturated rings. The minimum Gasteiger partial charge on any atom is -0.427 e. The molecule has 0 amide bonds. The monoisotopic (exact) mass is 364 g/mol. The van der Waals surface area contributed by atoms with E-state index in [1.54, 1.807) is 6.07 Å². The SMILES string of the molecule is CC(=O)Oc1cccc(-n2c(=O)c3cc4c(=O)n(C)c(=O)c4cc3c2=O)c1. The summed E-state index contributed by atoms with van der Waals surface area (Å²) in [4.78, 5) is 61.0. The Morgan fingerprint density at radius 2 is 1.33 bits per heavy atom. The van der Waals surface area contributed by atoms with Crippen LogP contribution >= 0.6 is 0 Å². The van der Waals surface area contributed by atoms with Gasteiger partial charge in [-0.25, -0.2) is 4.57 Å². The van der Waals surface area contributed by atoms with Gasteiger partial charge in [-0.2, -0.15) is 0 Å². The van der Waals surface area contributed by atoms with Gasteiger partial charge in [0.25, 0.3) is 22.2 Å². The predicted octanol–water partition coefficient (Wildman–Crippen LogP) is 0.364. The summed E-state index contributed by atoms with van der Waals surface area (Å²) in [7, 11) is 1.34. The van der Waals surface area contributed by atoms with Crippen molar-refractivity contribution in [2.45, 2.75) is 6.92 Å². The highest BCUT2D eigenvalue weighted by Gasteiger charge is 2.19. The molecule has 0 atom stereocenters. The fourth-order valence-electron chi connectivity index (χ4n) is 3.18. The van der Waals surface area contributed by atoms with Crippen molar-refractivity contribution in [3.63, 3.8) is 0 Å². The number of rotatable bonds is 2. The molecule has 4 aromatic rings. The topological polar surface area (TPSA) is 104 Å². The number of aromatic nitrogens is 2. The Hall–Kier alpha value is -3.81. The van der Waals surface area contributed by atoms with Crippen LogP contribution in [0.5, 0.6) is 5.75 Å². The molecule has 0 saturated carbocycles. The van der Waals surface area contributed by atoms with E-state index >= 15 is 0 Å². The first-order valence-corrected chi connectivity index (χ1v) is 7.97. The normalized spacial score (nSPS) is 11.3. The molecule has 0 radical (unpaired) electrons. The van der Waals surface area contributed by atoms with Crippen LogP contribution in [0.1, 0.15) is 6.92 Å². The third-order valence-electron chi connectivity index (χ3n) is 4.43. The summed E-state index contributed by atoms with van der Waals surface area (Å²) in [6.07, 6.45) is 0. The molecule has 4 rings (SSSR count). The lowest BCUT2D eigenvalue weighted by atomic mass is 10.1. The lowest BCUT2D eigenvalue weighted by Crippen LogP contribution is -2.23. The number of hydrogen-bond donors (Lipinski definition) is 0. The number of carbonyl (C=O) groups excluding carboxylic acids is 1. The standard InChI is InChI=1S/C19H12N2O6/c1-9(22)27-11-5-3-4-10(6-11)21-18(25)14-7-12-13(8-15(14)19(21)26)17(24)20(2)16(12)23/h3-8H,1-2H3. The Balaban J connectivity index is 2.05. The van der Waals surface area contributed by atoms with Gasteiger partial charge in [-0.1, -0.05) is 6.07 Å². The van der Waals surface area contributed by atoms with Gasteiger partial charge in [0, 0.05) is 20.0 Å². The summed E-state index contributed by atoms with van der Waals surface area (Å²) in [6.45, 7) is 1.24. The quantitative estimate of drug-likeness (QED) is 0.376. The van der Waals surface area contributed by atoms with E-state index in [-0.39, 0.29) is 33.0 Å². The Kier molecular flexibility index (Phi) is 3.45. The molecular formula is C19H12N2O6. The molecule has 8 heteroatoms. The Morgan fingerprint density at radius 1 is 0.815 bits per heavy atom. The summed E-state index contributed by atoms with van der Waals surface area (Å²) in [5.74, 6) is -0.349. The zero-order chi connectivity index (χ0) is 19.5. The molecule has 0 saturated heterocycles. The van der Waals surface area contributed by atoms with Gasteiger partial charge in [-0.15, -0.1) is 0 Å². The highest BCUT2D eigenvalue weighted by Crippen LogP contribution is 2.18. The molecule has 27 heavy (non-hydrogen) atoms. The first-order chi connectivity index (χ1) is 12.8. The van der Waals surface area contributed by atoms with Gasteiger partial charge in [0.2, 0.25) is 0 Å². The zero-order valence-corrected chi connectivity index (χ0v) is 14.3. The van der Waals surface area contributed by atoms with E-state index in [9.17, 15) is 24.0 Å². The maximum atomic E-state index is 12.8. The fourth-order valence-corrected chi connectivity index (χ4v) is 3.18. The van der Waals surface area contributed by atoms with Crippen molar-refractivity contribution < 1.29 is 9.53 Å². The van der Waals surface area contributed by atoms with Gasteiger partial charge < -0.3 is 4.74 Å². The van der Waals surface area contributed by atoms with E-state index in [0.717, 1.165) is 9.13 Å². The van der Waals surface area contributed by atoms with Crippen LogP contribution in [-0.2, 0) is 11.8 Å². The van der Waals surface area contributed by atoms with Crippen LogP contribution in [0.4, 0.5) is 0 Å². The van der Waals surface area contributed by atoms with Gasteiger partial charge in [0.15, 0.2) is 0 Å². The summed E-state index contributed by atoms with van der Waals surface area (Å²) in [5.41, 5.74) is -2.06. The third-order valence-corrected chi connectivity index (χ3v) is 4.43. The first kappa shape index (κ1) is 16.6. The number of benzene rings is 2. The molecule has 0 aliphatic carbocycles. The highest BCUT2D eigenvalue weighted by molar-refractivity contribution is 5.98. The molecule has 0 aliphatic heterocycles. The van der Waals surface area contributed by atoms with Gasteiger partial charge in [-0.3, -0.25) is 28.5 Å². The molecule has 0 bridgehead atoms. The molecular weight excluding hydrogens is 352 g/mol. The van der Waals surface area contributed by atoms with E-state index in [4.69, 9.17) is 4.74 Å². The Morgan fingerprint density at radius 3 is 1.85 bits per heavy atom. The number of esters is 1. The van der Waals surface area contributed by atoms with Crippen molar-refractivity contribution in [3.05, 3.63) is 77.8 Å². The number of fused-ring (bicyclic) bond motifs is 2. The van der Waals surface area contributed by atoms with Crippen LogP contribution in [0.3, 0.4) is 0 Å². The van der Waals surface area contributed by atoms with Crippen molar-refractivity contribution in [1.29, 1.82) is 0 Å². The first-order valence-electron chi connectivity index (χ1n) is 7.97. The summed E-state index contributed by atoms with van der Waals surface area (Å²) in [5, 5.41) is 0.289. The number of ether oxygens (including phenoxy) is 1. The van der Waals surface area contributed by atoms with Crippen LogP contribution in [0, 0.1) is 0 Å². The van der Waals surface area contributed by atoms with Crippen molar-refractivity contribution in [2.24, 2.45) is 7.05 Å².